The predicted octanol–water partition coefficient (Wildman–Crippen LogP) is 3.50. The Morgan fingerprint density at radius 3 is 2.81 bits per heavy atom. The third-order valence-corrected chi connectivity index (χ3v) is 4.68. The molecule has 0 saturated carbocycles. The van der Waals surface area contributed by atoms with Crippen LogP contribution in [-0.2, 0) is 20.7 Å². The molecule has 2 aromatic rings. The maximum Gasteiger partial charge on any atom is 0.347 e. The molecule has 0 bridgehead atoms. The summed E-state index contributed by atoms with van der Waals surface area (Å²) in [5.41, 5.74) is 3.46. The van der Waals surface area contributed by atoms with Crippen LogP contribution in [0.1, 0.15) is 42.5 Å². The zero-order valence-electron chi connectivity index (χ0n) is 15.7. The van der Waals surface area contributed by atoms with Crippen LogP contribution in [0.3, 0.4) is 0 Å². The minimum Gasteiger partial charge on any atom is -0.479 e. The number of benzene rings is 2. The number of fused-ring (bicyclic) bond motifs is 1. The van der Waals surface area contributed by atoms with E-state index in [2.05, 4.69) is 11.4 Å². The summed E-state index contributed by atoms with van der Waals surface area (Å²) < 4.78 is 10.7. The van der Waals surface area contributed by atoms with Gasteiger partial charge < -0.3 is 14.8 Å². The molecule has 0 aromatic heterocycles. The van der Waals surface area contributed by atoms with E-state index in [0.29, 0.717) is 5.75 Å². The fourth-order valence-electron chi connectivity index (χ4n) is 3.33. The first kappa shape index (κ1) is 19.0. The third-order valence-electron chi connectivity index (χ3n) is 4.68. The Balaban J connectivity index is 1.48. The van der Waals surface area contributed by atoms with Crippen LogP contribution in [0.4, 0.5) is 0 Å². The number of carbonyl (C=O) groups is 2. The van der Waals surface area contributed by atoms with Gasteiger partial charge in [0, 0.05) is 0 Å². The van der Waals surface area contributed by atoms with Crippen LogP contribution < -0.4 is 10.1 Å². The second-order valence-electron chi connectivity index (χ2n) is 6.90. The van der Waals surface area contributed by atoms with E-state index in [-0.39, 0.29) is 18.6 Å². The normalized spacial score (nSPS) is 16.7. The van der Waals surface area contributed by atoms with Crippen LogP contribution in [0.15, 0.2) is 48.5 Å². The Morgan fingerprint density at radius 2 is 2.00 bits per heavy atom. The lowest BCUT2D eigenvalue weighted by Crippen LogP contribution is -2.36. The zero-order chi connectivity index (χ0) is 19.2. The molecule has 3 rings (SSSR count). The molecule has 1 amide bonds. The molecule has 142 valence electrons. The van der Waals surface area contributed by atoms with Crippen molar-refractivity contribution in [2.24, 2.45) is 0 Å². The standard InChI is InChI=1S/C22H25NO4/c1-15-7-5-10-18(13-15)27-16(2)22(25)26-14-21(24)23-20-12-6-9-17-8-3-4-11-19(17)20/h3-5,7-8,10-11,13,16,20H,6,9,12,14H2,1-2H3,(H,23,24)/t16-,20+/m0/s1. The topological polar surface area (TPSA) is 64.6 Å². The summed E-state index contributed by atoms with van der Waals surface area (Å²) in [6.07, 6.45) is 2.17. The molecule has 2 atom stereocenters. The number of rotatable bonds is 6. The van der Waals surface area contributed by atoms with E-state index >= 15 is 0 Å². The van der Waals surface area contributed by atoms with Gasteiger partial charge in [0.25, 0.3) is 5.91 Å². The highest BCUT2D eigenvalue weighted by Crippen LogP contribution is 2.29. The summed E-state index contributed by atoms with van der Waals surface area (Å²) in [6, 6.07) is 15.5. The summed E-state index contributed by atoms with van der Waals surface area (Å²) in [4.78, 5) is 24.3. The van der Waals surface area contributed by atoms with Gasteiger partial charge in [-0.15, -0.1) is 0 Å². The summed E-state index contributed by atoms with van der Waals surface area (Å²) in [6.45, 7) is 3.25. The zero-order valence-corrected chi connectivity index (χ0v) is 15.7. The average molecular weight is 367 g/mol. The summed E-state index contributed by atoms with van der Waals surface area (Å²) in [7, 11) is 0. The minimum absolute atomic E-state index is 0.0258. The number of amides is 1. The smallest absolute Gasteiger partial charge is 0.347 e. The van der Waals surface area contributed by atoms with Crippen LogP contribution in [0.5, 0.6) is 5.75 Å². The van der Waals surface area contributed by atoms with Gasteiger partial charge in [0.15, 0.2) is 12.7 Å². The Kier molecular flexibility index (Phi) is 6.12. The molecule has 0 saturated heterocycles. The fraction of sp³-hybridized carbons (Fsp3) is 0.364. The molecule has 27 heavy (non-hydrogen) atoms. The molecule has 0 radical (unpaired) electrons. The van der Waals surface area contributed by atoms with Crippen molar-refractivity contribution < 1.29 is 19.1 Å². The monoisotopic (exact) mass is 367 g/mol. The van der Waals surface area contributed by atoms with Crippen molar-refractivity contribution in [3.63, 3.8) is 0 Å². The van der Waals surface area contributed by atoms with Gasteiger partial charge in [-0.25, -0.2) is 4.79 Å². The number of ether oxygens (including phenoxy) is 2. The van der Waals surface area contributed by atoms with Crippen LogP contribution in [-0.4, -0.2) is 24.6 Å². The Morgan fingerprint density at radius 1 is 1.19 bits per heavy atom. The lowest BCUT2D eigenvalue weighted by atomic mass is 9.88. The number of aryl methyl sites for hydroxylation is 2. The quantitative estimate of drug-likeness (QED) is 0.794. The van der Waals surface area contributed by atoms with Gasteiger partial charge in [-0.05, 0) is 61.9 Å². The number of hydrogen-bond donors (Lipinski definition) is 1. The van der Waals surface area contributed by atoms with E-state index in [0.717, 1.165) is 30.4 Å². The van der Waals surface area contributed by atoms with Gasteiger partial charge in [-0.3, -0.25) is 4.79 Å². The van der Waals surface area contributed by atoms with Gasteiger partial charge in [0.2, 0.25) is 0 Å². The first-order valence-corrected chi connectivity index (χ1v) is 9.30. The number of nitrogens with one attached hydrogen (secondary N) is 1. The van der Waals surface area contributed by atoms with Gasteiger partial charge in [0.05, 0.1) is 6.04 Å². The molecule has 5 heteroatoms. The molecule has 0 heterocycles. The van der Waals surface area contributed by atoms with E-state index in [1.807, 2.05) is 43.3 Å². The maximum atomic E-state index is 12.2. The molecule has 5 nitrogen and oxygen atoms in total. The van der Waals surface area contributed by atoms with Gasteiger partial charge in [-0.1, -0.05) is 36.4 Å². The molecule has 0 spiro atoms. The van der Waals surface area contributed by atoms with Crippen molar-refractivity contribution in [2.75, 3.05) is 6.61 Å². The number of hydrogen-bond acceptors (Lipinski definition) is 4. The molecular formula is C22H25NO4. The van der Waals surface area contributed by atoms with E-state index in [1.54, 1.807) is 13.0 Å². The molecule has 0 aliphatic heterocycles. The van der Waals surface area contributed by atoms with E-state index < -0.39 is 12.1 Å². The van der Waals surface area contributed by atoms with Crippen LogP contribution in [0, 0.1) is 6.92 Å². The summed E-state index contributed by atoms with van der Waals surface area (Å²) in [5, 5.41) is 2.97. The summed E-state index contributed by atoms with van der Waals surface area (Å²) >= 11 is 0. The van der Waals surface area contributed by atoms with Gasteiger partial charge in [-0.2, -0.15) is 0 Å². The molecular weight excluding hydrogens is 342 g/mol. The van der Waals surface area contributed by atoms with Crippen molar-refractivity contribution in [1.82, 2.24) is 5.32 Å². The highest BCUT2D eigenvalue weighted by molar-refractivity contribution is 5.82. The van der Waals surface area contributed by atoms with E-state index in [9.17, 15) is 9.59 Å². The first-order valence-electron chi connectivity index (χ1n) is 9.30. The van der Waals surface area contributed by atoms with Crippen molar-refractivity contribution in [3.8, 4) is 5.75 Å². The highest BCUT2D eigenvalue weighted by atomic mass is 16.6. The van der Waals surface area contributed by atoms with Crippen LogP contribution in [0.2, 0.25) is 0 Å². The summed E-state index contributed by atoms with van der Waals surface area (Å²) in [5.74, 6) is -0.258. The lowest BCUT2D eigenvalue weighted by Gasteiger charge is -2.26. The molecule has 0 unspecified atom stereocenters. The predicted molar refractivity (Wildman–Crippen MR) is 102 cm³/mol. The van der Waals surface area contributed by atoms with Crippen LogP contribution in [0.25, 0.3) is 0 Å². The molecule has 1 N–H and O–H groups in total. The van der Waals surface area contributed by atoms with Crippen molar-refractivity contribution in [3.05, 3.63) is 65.2 Å². The average Bonchev–Trinajstić information content (AvgIpc) is 2.66. The Bertz CT molecular complexity index is 817. The van der Waals surface area contributed by atoms with Crippen LogP contribution >= 0.6 is 0 Å². The number of esters is 1. The highest BCUT2D eigenvalue weighted by Gasteiger charge is 2.23. The largest absolute Gasteiger partial charge is 0.479 e. The first-order chi connectivity index (χ1) is 13.0. The number of carbonyl (C=O) groups excluding carboxylic acids is 2. The van der Waals surface area contributed by atoms with Crippen molar-refractivity contribution >= 4 is 11.9 Å². The SMILES string of the molecule is Cc1cccc(O[C@@H](C)C(=O)OCC(=O)N[C@@H]2CCCc3ccccc32)c1. The second-order valence-corrected chi connectivity index (χ2v) is 6.90. The van der Waals surface area contributed by atoms with E-state index in [1.165, 1.54) is 5.56 Å². The van der Waals surface area contributed by atoms with Gasteiger partial charge >= 0.3 is 5.97 Å². The minimum atomic E-state index is -0.782. The lowest BCUT2D eigenvalue weighted by molar-refractivity contribution is -0.154. The Hall–Kier alpha value is -2.82. The molecule has 0 fully saturated rings. The Labute approximate surface area is 159 Å². The molecule has 2 aromatic carbocycles. The van der Waals surface area contributed by atoms with Gasteiger partial charge in [0.1, 0.15) is 5.75 Å². The van der Waals surface area contributed by atoms with E-state index in [4.69, 9.17) is 9.47 Å². The van der Waals surface area contributed by atoms with Crippen molar-refractivity contribution in [1.29, 1.82) is 0 Å². The van der Waals surface area contributed by atoms with Crippen molar-refractivity contribution in [2.45, 2.75) is 45.3 Å². The maximum absolute atomic E-state index is 12.2. The third kappa shape index (κ3) is 5.09. The molecule has 1 aliphatic rings. The second kappa shape index (κ2) is 8.71. The molecule has 1 aliphatic carbocycles. The fourth-order valence-corrected chi connectivity index (χ4v) is 3.33.